The summed E-state index contributed by atoms with van der Waals surface area (Å²) in [6.45, 7) is 5.90. The maximum atomic E-state index is 11.8. The molecule has 2 rings (SSSR count). The number of aryl methyl sites for hydroxylation is 1. The van der Waals surface area contributed by atoms with E-state index >= 15 is 0 Å². The molecule has 0 aliphatic heterocycles. The number of hydrogen-bond donors (Lipinski definition) is 2. The molecule has 1 amide bonds. The molecular formula is C13H23N5OS. The lowest BCUT2D eigenvalue weighted by Gasteiger charge is -2.30. The maximum Gasteiger partial charge on any atom is 0.237 e. The smallest absolute Gasteiger partial charge is 0.237 e. The molecule has 112 valence electrons. The summed E-state index contributed by atoms with van der Waals surface area (Å²) >= 11 is 1.62. The van der Waals surface area contributed by atoms with Crippen molar-refractivity contribution in [2.45, 2.75) is 62.0 Å². The van der Waals surface area contributed by atoms with Gasteiger partial charge in [0.2, 0.25) is 5.91 Å². The molecule has 1 fully saturated rings. The third-order valence-electron chi connectivity index (χ3n) is 3.70. The first-order valence-corrected chi connectivity index (χ1v) is 7.80. The van der Waals surface area contributed by atoms with Crippen molar-refractivity contribution in [3.8, 4) is 0 Å². The highest BCUT2D eigenvalue weighted by Crippen LogP contribution is 2.30. The Balaban J connectivity index is 1.99. The number of nitrogens with one attached hydrogen (secondary N) is 1. The lowest BCUT2D eigenvalue weighted by molar-refractivity contribution is -0.124. The fraction of sp³-hybridized carbons (Fsp3) is 0.769. The summed E-state index contributed by atoms with van der Waals surface area (Å²) in [5, 5.41) is 12.7. The highest BCUT2D eigenvalue weighted by molar-refractivity contribution is 7.99. The van der Waals surface area contributed by atoms with E-state index in [0.717, 1.165) is 23.8 Å². The van der Waals surface area contributed by atoms with Crippen LogP contribution in [-0.4, -0.2) is 37.5 Å². The highest BCUT2D eigenvalue weighted by atomic mass is 32.2. The minimum Gasteiger partial charge on any atom is -0.368 e. The van der Waals surface area contributed by atoms with E-state index < -0.39 is 5.54 Å². The van der Waals surface area contributed by atoms with Crippen LogP contribution in [0.3, 0.4) is 0 Å². The first-order valence-electron chi connectivity index (χ1n) is 6.92. The zero-order valence-electron chi connectivity index (χ0n) is 12.5. The Morgan fingerprint density at radius 3 is 2.70 bits per heavy atom. The molecule has 1 heterocycles. The van der Waals surface area contributed by atoms with Crippen LogP contribution in [0.1, 0.15) is 38.9 Å². The van der Waals surface area contributed by atoms with Gasteiger partial charge >= 0.3 is 0 Å². The standard InChI is InChI=1S/C13H23N5OS/c1-8(20-12-17-16-9(2)18(12)4)7-13(3,11(14)19)15-10-5-6-10/h8,10,15H,5-7H2,1-4H3,(H2,14,19). The first-order chi connectivity index (χ1) is 9.32. The van der Waals surface area contributed by atoms with Gasteiger partial charge < -0.3 is 15.6 Å². The van der Waals surface area contributed by atoms with Crippen LogP contribution in [0.5, 0.6) is 0 Å². The highest BCUT2D eigenvalue weighted by Gasteiger charge is 2.38. The van der Waals surface area contributed by atoms with Crippen LogP contribution >= 0.6 is 11.8 Å². The number of nitrogens with zero attached hydrogens (tertiary/aromatic N) is 3. The second-order valence-electron chi connectivity index (χ2n) is 5.84. The molecule has 0 aromatic carbocycles. The Kier molecular flexibility index (Phi) is 4.39. The van der Waals surface area contributed by atoms with E-state index in [0.29, 0.717) is 12.5 Å². The topological polar surface area (TPSA) is 85.8 Å². The Morgan fingerprint density at radius 2 is 2.25 bits per heavy atom. The third-order valence-corrected chi connectivity index (χ3v) is 4.83. The van der Waals surface area contributed by atoms with Gasteiger partial charge in [-0.1, -0.05) is 18.7 Å². The summed E-state index contributed by atoms with van der Waals surface area (Å²) < 4.78 is 1.96. The van der Waals surface area contributed by atoms with Crippen LogP contribution in [0.2, 0.25) is 0 Å². The number of carbonyl (C=O) groups excluding carboxylic acids is 1. The van der Waals surface area contributed by atoms with Crippen molar-refractivity contribution >= 4 is 17.7 Å². The van der Waals surface area contributed by atoms with Crippen molar-refractivity contribution < 1.29 is 4.79 Å². The van der Waals surface area contributed by atoms with E-state index in [2.05, 4.69) is 22.4 Å². The zero-order valence-corrected chi connectivity index (χ0v) is 13.3. The summed E-state index contributed by atoms with van der Waals surface area (Å²) in [6, 6.07) is 0.446. The molecule has 1 aromatic heterocycles. The predicted molar refractivity (Wildman–Crippen MR) is 79.4 cm³/mol. The molecule has 0 radical (unpaired) electrons. The average Bonchev–Trinajstić information content (AvgIpc) is 3.10. The molecule has 2 atom stereocenters. The molecular weight excluding hydrogens is 274 g/mol. The summed E-state index contributed by atoms with van der Waals surface area (Å²) in [5.41, 5.74) is 4.93. The minimum absolute atomic E-state index is 0.223. The zero-order chi connectivity index (χ0) is 14.9. The van der Waals surface area contributed by atoms with E-state index in [9.17, 15) is 4.79 Å². The molecule has 1 aromatic rings. The van der Waals surface area contributed by atoms with Crippen LogP contribution in [-0.2, 0) is 11.8 Å². The molecule has 0 spiro atoms. The number of aromatic nitrogens is 3. The van der Waals surface area contributed by atoms with Gasteiger partial charge in [0.25, 0.3) is 0 Å². The number of rotatable bonds is 7. The second kappa shape index (κ2) is 5.73. The third kappa shape index (κ3) is 3.52. The van der Waals surface area contributed by atoms with Crippen molar-refractivity contribution in [3.63, 3.8) is 0 Å². The van der Waals surface area contributed by atoms with Crippen LogP contribution in [0.4, 0.5) is 0 Å². The van der Waals surface area contributed by atoms with Crippen molar-refractivity contribution in [2.75, 3.05) is 0 Å². The monoisotopic (exact) mass is 297 g/mol. The van der Waals surface area contributed by atoms with Gasteiger partial charge in [-0.05, 0) is 33.1 Å². The SMILES string of the molecule is Cc1nnc(SC(C)CC(C)(NC2CC2)C(N)=O)n1C. The Hall–Kier alpha value is -1.08. The predicted octanol–water partition coefficient (Wildman–Crippen LogP) is 0.990. The molecule has 1 aliphatic rings. The Morgan fingerprint density at radius 1 is 1.60 bits per heavy atom. The molecule has 1 aliphatic carbocycles. The minimum atomic E-state index is -0.652. The van der Waals surface area contributed by atoms with Gasteiger partial charge in [0.05, 0.1) is 5.54 Å². The van der Waals surface area contributed by atoms with Crippen molar-refractivity contribution in [2.24, 2.45) is 12.8 Å². The van der Waals surface area contributed by atoms with Crippen molar-refractivity contribution in [1.82, 2.24) is 20.1 Å². The summed E-state index contributed by atoms with van der Waals surface area (Å²) in [7, 11) is 1.94. The van der Waals surface area contributed by atoms with E-state index in [1.807, 2.05) is 25.5 Å². The molecule has 6 nitrogen and oxygen atoms in total. The van der Waals surface area contributed by atoms with Crippen molar-refractivity contribution in [3.05, 3.63) is 5.82 Å². The van der Waals surface area contributed by atoms with Crippen LogP contribution in [0.25, 0.3) is 0 Å². The molecule has 2 unspecified atom stereocenters. The number of primary amides is 1. The van der Waals surface area contributed by atoms with Gasteiger partial charge in [0, 0.05) is 18.3 Å². The number of nitrogens with two attached hydrogens (primary N) is 1. The van der Waals surface area contributed by atoms with Crippen LogP contribution in [0, 0.1) is 6.92 Å². The Bertz CT molecular complexity index is 499. The van der Waals surface area contributed by atoms with E-state index in [-0.39, 0.29) is 11.2 Å². The lowest BCUT2D eigenvalue weighted by Crippen LogP contribution is -2.55. The molecule has 1 saturated carbocycles. The summed E-state index contributed by atoms with van der Waals surface area (Å²) in [5.74, 6) is 0.597. The van der Waals surface area contributed by atoms with Crippen LogP contribution in [0.15, 0.2) is 5.16 Å². The van der Waals surface area contributed by atoms with E-state index in [1.54, 1.807) is 11.8 Å². The molecule has 0 saturated heterocycles. The van der Waals surface area contributed by atoms with Crippen LogP contribution < -0.4 is 11.1 Å². The largest absolute Gasteiger partial charge is 0.368 e. The number of carbonyl (C=O) groups is 1. The van der Waals surface area contributed by atoms with Gasteiger partial charge in [0.15, 0.2) is 5.16 Å². The molecule has 7 heteroatoms. The summed E-state index contributed by atoms with van der Waals surface area (Å²) in [6.07, 6.45) is 2.94. The number of hydrogen-bond acceptors (Lipinski definition) is 5. The summed E-state index contributed by atoms with van der Waals surface area (Å²) in [4.78, 5) is 11.8. The normalized spacial score (nSPS) is 19.6. The Labute approximate surface area is 123 Å². The molecule has 0 bridgehead atoms. The quantitative estimate of drug-likeness (QED) is 0.733. The molecule has 3 N–H and O–H groups in total. The van der Waals surface area contributed by atoms with Crippen molar-refractivity contribution in [1.29, 1.82) is 0 Å². The fourth-order valence-electron chi connectivity index (χ4n) is 2.20. The number of amides is 1. The maximum absolute atomic E-state index is 11.8. The average molecular weight is 297 g/mol. The van der Waals surface area contributed by atoms with Gasteiger partial charge in [-0.15, -0.1) is 10.2 Å². The van der Waals surface area contributed by atoms with E-state index in [4.69, 9.17) is 5.73 Å². The number of thioether (sulfide) groups is 1. The van der Waals surface area contributed by atoms with Gasteiger partial charge in [-0.2, -0.15) is 0 Å². The fourth-order valence-corrected chi connectivity index (χ4v) is 3.35. The molecule has 20 heavy (non-hydrogen) atoms. The first kappa shape index (κ1) is 15.3. The van der Waals surface area contributed by atoms with Gasteiger partial charge in [-0.25, -0.2) is 0 Å². The van der Waals surface area contributed by atoms with Gasteiger partial charge in [-0.3, -0.25) is 4.79 Å². The van der Waals surface area contributed by atoms with E-state index in [1.165, 1.54) is 0 Å². The van der Waals surface area contributed by atoms with Gasteiger partial charge in [0.1, 0.15) is 5.82 Å². The lowest BCUT2D eigenvalue weighted by atomic mass is 9.95. The second-order valence-corrected chi connectivity index (χ2v) is 7.24.